The third-order valence-corrected chi connectivity index (χ3v) is 7.58. The molecule has 2 aromatic rings. The van der Waals surface area contributed by atoms with Crippen molar-refractivity contribution in [3.63, 3.8) is 0 Å². The van der Waals surface area contributed by atoms with Crippen molar-refractivity contribution in [1.29, 1.82) is 0 Å². The van der Waals surface area contributed by atoms with E-state index in [1.54, 1.807) is 4.90 Å². The number of phenols is 1. The van der Waals surface area contributed by atoms with Crippen molar-refractivity contribution >= 4 is 23.3 Å². The molecule has 2 N–H and O–H groups in total. The van der Waals surface area contributed by atoms with E-state index in [-0.39, 0.29) is 64.3 Å². The minimum absolute atomic E-state index is 0.00277. The van der Waals surface area contributed by atoms with Crippen LogP contribution in [0.25, 0.3) is 11.3 Å². The van der Waals surface area contributed by atoms with Crippen LogP contribution in [0.1, 0.15) is 30.1 Å². The number of phenolic OH excluding ortho intramolecular Hbond substituents is 1. The Kier molecular flexibility index (Phi) is 5.82. The molecule has 0 bridgehead atoms. The molecule has 5 rings (SSSR count). The number of hydrogen-bond acceptors (Lipinski definition) is 7. The zero-order valence-corrected chi connectivity index (χ0v) is 20.0. The third kappa shape index (κ3) is 3.57. The smallest absolute Gasteiger partial charge is 0.261 e. The summed E-state index contributed by atoms with van der Waals surface area (Å²) in [6, 6.07) is 3.80. The van der Waals surface area contributed by atoms with E-state index in [1.165, 1.54) is 18.2 Å². The first kappa shape index (κ1) is 23.1. The molecule has 2 saturated heterocycles. The van der Waals surface area contributed by atoms with E-state index >= 15 is 0 Å². The Morgan fingerprint density at radius 1 is 1.29 bits per heavy atom. The number of halogens is 2. The van der Waals surface area contributed by atoms with Crippen LogP contribution >= 0.6 is 11.6 Å². The number of fused-ring (bicyclic) bond motifs is 2. The lowest BCUT2D eigenvalue weighted by Gasteiger charge is -2.39. The van der Waals surface area contributed by atoms with Gasteiger partial charge in [0.05, 0.1) is 23.8 Å². The fraction of sp³-hybridized carbons (Fsp3) is 0.500. The van der Waals surface area contributed by atoms with Gasteiger partial charge >= 0.3 is 0 Å². The second-order valence-electron chi connectivity index (χ2n) is 9.57. The topological polar surface area (TPSA) is 89.4 Å². The number of anilines is 1. The molecule has 182 valence electrons. The summed E-state index contributed by atoms with van der Waals surface area (Å²) >= 11 is 6.74. The highest BCUT2D eigenvalue weighted by Gasteiger charge is 2.44. The summed E-state index contributed by atoms with van der Waals surface area (Å²) in [5, 5.41) is 20.6. The molecule has 34 heavy (non-hydrogen) atoms. The van der Waals surface area contributed by atoms with Crippen LogP contribution in [0.2, 0.25) is 5.02 Å². The Bertz CT molecular complexity index is 1130. The number of amides is 1. The molecule has 0 unspecified atom stereocenters. The quantitative estimate of drug-likeness (QED) is 0.683. The first-order valence-corrected chi connectivity index (χ1v) is 11.8. The molecule has 1 aromatic heterocycles. The van der Waals surface area contributed by atoms with Crippen molar-refractivity contribution < 1.29 is 24.1 Å². The van der Waals surface area contributed by atoms with Gasteiger partial charge in [-0.2, -0.15) is 0 Å². The molecule has 0 saturated carbocycles. The number of nitrogens with zero attached hydrogens (tertiary/aromatic N) is 4. The molecular weight excluding hydrogens is 463 g/mol. The number of carbonyl (C=O) groups is 1. The number of hydrogen-bond donors (Lipinski definition) is 2. The maximum Gasteiger partial charge on any atom is 0.261 e. The summed E-state index contributed by atoms with van der Waals surface area (Å²) in [5.74, 6) is -0.822. The molecule has 1 aromatic carbocycles. The molecule has 10 heteroatoms. The zero-order valence-electron chi connectivity index (χ0n) is 19.2. The van der Waals surface area contributed by atoms with Crippen LogP contribution in [0, 0.1) is 5.82 Å². The van der Waals surface area contributed by atoms with Crippen molar-refractivity contribution in [2.75, 3.05) is 51.3 Å². The second-order valence-corrected chi connectivity index (χ2v) is 9.95. The zero-order chi connectivity index (χ0) is 24.2. The predicted molar refractivity (Wildman–Crippen MR) is 126 cm³/mol. The van der Waals surface area contributed by atoms with Gasteiger partial charge in [0, 0.05) is 26.2 Å². The average Bonchev–Trinajstić information content (AvgIpc) is 3.13. The number of benzene rings is 1. The van der Waals surface area contributed by atoms with E-state index in [0.717, 1.165) is 13.0 Å². The summed E-state index contributed by atoms with van der Waals surface area (Å²) in [6.45, 7) is 4.47. The average molecular weight is 491 g/mol. The number of aliphatic hydroxyl groups is 1. The van der Waals surface area contributed by atoms with Crippen molar-refractivity contribution in [1.82, 2.24) is 14.8 Å². The van der Waals surface area contributed by atoms with Crippen molar-refractivity contribution in [2.45, 2.75) is 31.3 Å². The van der Waals surface area contributed by atoms with Crippen molar-refractivity contribution in [3.8, 4) is 22.8 Å². The van der Waals surface area contributed by atoms with E-state index in [0.29, 0.717) is 26.1 Å². The van der Waals surface area contributed by atoms with Gasteiger partial charge in [-0.15, -0.1) is 0 Å². The van der Waals surface area contributed by atoms with Gasteiger partial charge in [0.1, 0.15) is 40.3 Å². The number of aromatic hydroxyl groups is 1. The molecule has 0 spiro atoms. The van der Waals surface area contributed by atoms with Gasteiger partial charge in [-0.1, -0.05) is 17.7 Å². The predicted octanol–water partition coefficient (Wildman–Crippen LogP) is 2.75. The number of likely N-dealkylation sites (N-methyl/N-ethyl adjacent to an activating group) is 1. The van der Waals surface area contributed by atoms with E-state index in [2.05, 4.69) is 4.90 Å². The van der Waals surface area contributed by atoms with Gasteiger partial charge in [-0.25, -0.2) is 9.37 Å². The molecule has 0 radical (unpaired) electrons. The monoisotopic (exact) mass is 490 g/mol. The summed E-state index contributed by atoms with van der Waals surface area (Å²) in [4.78, 5) is 24.4. The number of rotatable bonds is 3. The van der Waals surface area contributed by atoms with E-state index in [4.69, 9.17) is 21.3 Å². The number of piperazine rings is 1. The lowest BCUT2D eigenvalue weighted by atomic mass is 9.99. The Hall–Kier alpha value is -2.62. The Morgan fingerprint density at radius 3 is 2.82 bits per heavy atom. The molecule has 1 amide bonds. The fourth-order valence-corrected chi connectivity index (χ4v) is 5.54. The third-order valence-electron chi connectivity index (χ3n) is 7.23. The van der Waals surface area contributed by atoms with Crippen LogP contribution < -0.4 is 9.64 Å². The van der Waals surface area contributed by atoms with Crippen LogP contribution in [0.3, 0.4) is 0 Å². The summed E-state index contributed by atoms with van der Waals surface area (Å²) in [7, 11) is 2.00. The number of aliphatic hydroxyl groups excluding tert-OH is 1. The number of pyridine rings is 1. The van der Waals surface area contributed by atoms with Crippen LogP contribution in [0.4, 0.5) is 10.2 Å². The number of ether oxygens (including phenoxy) is 1. The largest absolute Gasteiger partial charge is 0.507 e. The van der Waals surface area contributed by atoms with Gasteiger partial charge in [0.2, 0.25) is 0 Å². The fourth-order valence-electron chi connectivity index (χ4n) is 5.26. The van der Waals surface area contributed by atoms with E-state index in [1.807, 2.05) is 18.9 Å². The highest BCUT2D eigenvalue weighted by molar-refractivity contribution is 6.35. The molecule has 2 fully saturated rings. The standard InChI is InChI=1S/C24H28ClFN4O4/c1-24(13-31)7-4-8-30(24)22-18-21(34-12-14-11-28(2)9-10-29(14)23(18)33)19(25)20(27-22)17-15(26)5-3-6-16(17)32/h3,5-6,14,31-32H,4,7-13H2,1-2H3/t14-,24-/m1/s1. The van der Waals surface area contributed by atoms with Gasteiger partial charge in [-0.05, 0) is 38.9 Å². The van der Waals surface area contributed by atoms with Crippen molar-refractivity contribution in [3.05, 3.63) is 34.6 Å². The van der Waals surface area contributed by atoms with Crippen LogP contribution in [-0.4, -0.2) is 88.9 Å². The normalized spacial score (nSPS) is 25.1. The lowest BCUT2D eigenvalue weighted by Crippen LogP contribution is -2.55. The molecule has 4 heterocycles. The van der Waals surface area contributed by atoms with Crippen LogP contribution in [0.15, 0.2) is 18.2 Å². The Balaban J connectivity index is 1.76. The number of carbonyl (C=O) groups excluding carboxylic acids is 1. The van der Waals surface area contributed by atoms with Gasteiger partial charge in [0.15, 0.2) is 5.75 Å². The number of aromatic nitrogens is 1. The highest BCUT2D eigenvalue weighted by Crippen LogP contribution is 2.47. The van der Waals surface area contributed by atoms with Gasteiger partial charge in [-0.3, -0.25) is 4.79 Å². The van der Waals surface area contributed by atoms with Crippen LogP contribution in [-0.2, 0) is 0 Å². The lowest BCUT2D eigenvalue weighted by molar-refractivity contribution is 0.0442. The maximum absolute atomic E-state index is 14.9. The maximum atomic E-state index is 14.9. The van der Waals surface area contributed by atoms with Gasteiger partial charge < -0.3 is 29.6 Å². The highest BCUT2D eigenvalue weighted by atomic mass is 35.5. The van der Waals surface area contributed by atoms with Gasteiger partial charge in [0.25, 0.3) is 5.91 Å². The Morgan fingerprint density at radius 2 is 2.09 bits per heavy atom. The summed E-state index contributed by atoms with van der Waals surface area (Å²) in [5.41, 5.74) is -0.586. The second kappa shape index (κ2) is 8.55. The van der Waals surface area contributed by atoms with E-state index < -0.39 is 11.4 Å². The minimum atomic E-state index is -0.689. The Labute approximate surface area is 202 Å². The SMILES string of the molecule is CN1CCN2C(=O)c3c(N4CCC[C@]4(C)CO)nc(-c4c(O)cccc4F)c(Cl)c3OC[C@H]2C1. The minimum Gasteiger partial charge on any atom is -0.507 e. The molecule has 8 nitrogen and oxygen atoms in total. The molecule has 3 aliphatic heterocycles. The first-order chi connectivity index (χ1) is 16.2. The van der Waals surface area contributed by atoms with E-state index in [9.17, 15) is 19.4 Å². The summed E-state index contributed by atoms with van der Waals surface area (Å²) < 4.78 is 21.0. The molecular formula is C24H28ClFN4O4. The molecule has 2 atom stereocenters. The van der Waals surface area contributed by atoms with Crippen molar-refractivity contribution in [2.24, 2.45) is 0 Å². The molecule has 0 aliphatic carbocycles. The van der Waals surface area contributed by atoms with Crippen LogP contribution in [0.5, 0.6) is 11.5 Å². The summed E-state index contributed by atoms with van der Waals surface area (Å²) in [6.07, 6.45) is 1.50. The molecule has 3 aliphatic rings. The first-order valence-electron chi connectivity index (χ1n) is 11.5.